The number of benzene rings is 2. The molecule has 0 spiro atoms. The van der Waals surface area contributed by atoms with Gasteiger partial charge in [0.1, 0.15) is 23.4 Å². The number of hydrogen-bond acceptors (Lipinski definition) is 5. The van der Waals surface area contributed by atoms with Crippen LogP contribution < -0.4 is 15.0 Å². The Hall–Kier alpha value is -3.33. The average Bonchev–Trinajstić information content (AvgIpc) is 2.59. The van der Waals surface area contributed by atoms with E-state index in [1.165, 1.54) is 0 Å². The van der Waals surface area contributed by atoms with Crippen molar-refractivity contribution in [1.82, 2.24) is 9.97 Å². The number of para-hydroxylation sites is 1. The maximum absolute atomic E-state index is 12.2. The summed E-state index contributed by atoms with van der Waals surface area (Å²) in [5.41, 5.74) is 0.949. The standard InChI is InChI=1S/C17H13N3O3/c1-22-11-6-7-13(15(10-11)23-9-8-18)16-19-14-5-3-2-4-12(14)17(21)20-16/h2-7,10H,9H2,1H3,(H,19,20,21). The van der Waals surface area contributed by atoms with E-state index in [9.17, 15) is 4.79 Å². The summed E-state index contributed by atoms with van der Waals surface area (Å²) in [6.07, 6.45) is 0. The molecule has 0 radical (unpaired) electrons. The van der Waals surface area contributed by atoms with Crippen LogP contribution in [0.25, 0.3) is 22.3 Å². The van der Waals surface area contributed by atoms with Gasteiger partial charge in [0.2, 0.25) is 0 Å². The first-order valence-electron chi connectivity index (χ1n) is 6.90. The van der Waals surface area contributed by atoms with E-state index in [-0.39, 0.29) is 12.2 Å². The second kappa shape index (κ2) is 6.20. The summed E-state index contributed by atoms with van der Waals surface area (Å²) in [6, 6.07) is 14.1. The van der Waals surface area contributed by atoms with Crippen LogP contribution in [0.5, 0.6) is 11.5 Å². The SMILES string of the molecule is COc1ccc(-c2nc3ccccc3c(=O)[nH]2)c(OCC#N)c1. The van der Waals surface area contributed by atoms with Gasteiger partial charge >= 0.3 is 0 Å². The highest BCUT2D eigenvalue weighted by atomic mass is 16.5. The van der Waals surface area contributed by atoms with E-state index in [2.05, 4.69) is 9.97 Å². The van der Waals surface area contributed by atoms with Gasteiger partial charge in [-0.25, -0.2) is 4.98 Å². The average molecular weight is 307 g/mol. The van der Waals surface area contributed by atoms with Crippen molar-refractivity contribution in [2.45, 2.75) is 0 Å². The number of aromatic nitrogens is 2. The zero-order chi connectivity index (χ0) is 16.2. The number of H-pyrrole nitrogens is 1. The van der Waals surface area contributed by atoms with Gasteiger partial charge in [-0.3, -0.25) is 4.79 Å². The predicted molar refractivity (Wildman–Crippen MR) is 85.5 cm³/mol. The smallest absolute Gasteiger partial charge is 0.259 e. The lowest BCUT2D eigenvalue weighted by molar-refractivity contribution is 0.362. The van der Waals surface area contributed by atoms with Crippen LogP contribution in [0.4, 0.5) is 0 Å². The van der Waals surface area contributed by atoms with Crippen LogP contribution in [0.1, 0.15) is 0 Å². The minimum Gasteiger partial charge on any atom is -0.497 e. The minimum absolute atomic E-state index is 0.113. The molecule has 1 aromatic heterocycles. The molecular weight excluding hydrogens is 294 g/mol. The lowest BCUT2D eigenvalue weighted by atomic mass is 10.1. The molecule has 0 unspecified atom stereocenters. The Morgan fingerprint density at radius 2 is 2.09 bits per heavy atom. The molecule has 23 heavy (non-hydrogen) atoms. The Balaban J connectivity index is 2.18. The van der Waals surface area contributed by atoms with Gasteiger partial charge in [-0.2, -0.15) is 5.26 Å². The van der Waals surface area contributed by atoms with Crippen LogP contribution in [0.15, 0.2) is 47.3 Å². The molecule has 0 aliphatic heterocycles. The number of methoxy groups -OCH3 is 1. The summed E-state index contributed by atoms with van der Waals surface area (Å²) in [5.74, 6) is 1.39. The highest BCUT2D eigenvalue weighted by Crippen LogP contribution is 2.31. The van der Waals surface area contributed by atoms with Crippen molar-refractivity contribution in [3.05, 3.63) is 52.8 Å². The van der Waals surface area contributed by atoms with Crippen molar-refractivity contribution >= 4 is 10.9 Å². The largest absolute Gasteiger partial charge is 0.497 e. The maximum Gasteiger partial charge on any atom is 0.259 e. The number of nitrogens with one attached hydrogen (secondary N) is 1. The predicted octanol–water partition coefficient (Wildman–Crippen LogP) is 2.50. The Bertz CT molecular complexity index is 957. The van der Waals surface area contributed by atoms with Gasteiger partial charge in [-0.1, -0.05) is 12.1 Å². The Kier molecular flexibility index (Phi) is 3.93. The quantitative estimate of drug-likeness (QED) is 0.800. The monoisotopic (exact) mass is 307 g/mol. The fourth-order valence-corrected chi connectivity index (χ4v) is 2.27. The van der Waals surface area contributed by atoms with Crippen molar-refractivity contribution in [1.29, 1.82) is 5.26 Å². The molecule has 0 saturated carbocycles. The van der Waals surface area contributed by atoms with E-state index in [0.29, 0.717) is 33.8 Å². The number of rotatable bonds is 4. The zero-order valence-electron chi connectivity index (χ0n) is 12.4. The summed E-state index contributed by atoms with van der Waals surface area (Å²) >= 11 is 0. The van der Waals surface area contributed by atoms with Gasteiger partial charge in [-0.05, 0) is 24.3 Å². The molecule has 3 aromatic rings. The molecule has 2 aromatic carbocycles. The van der Waals surface area contributed by atoms with Crippen LogP contribution in [0.2, 0.25) is 0 Å². The number of aromatic amines is 1. The molecule has 0 bridgehead atoms. The molecule has 1 N–H and O–H groups in total. The highest BCUT2D eigenvalue weighted by Gasteiger charge is 2.12. The van der Waals surface area contributed by atoms with E-state index in [4.69, 9.17) is 14.7 Å². The Morgan fingerprint density at radius 1 is 1.26 bits per heavy atom. The van der Waals surface area contributed by atoms with E-state index < -0.39 is 0 Å². The summed E-state index contributed by atoms with van der Waals surface area (Å²) < 4.78 is 10.6. The fourth-order valence-electron chi connectivity index (χ4n) is 2.27. The molecule has 0 amide bonds. The molecule has 3 rings (SSSR count). The Labute approximate surface area is 131 Å². The van der Waals surface area contributed by atoms with Crippen molar-refractivity contribution in [3.63, 3.8) is 0 Å². The number of nitriles is 1. The zero-order valence-corrected chi connectivity index (χ0v) is 12.4. The third-order valence-electron chi connectivity index (χ3n) is 3.35. The molecule has 0 fully saturated rings. The van der Waals surface area contributed by atoms with Crippen LogP contribution in [0.3, 0.4) is 0 Å². The molecule has 0 aliphatic carbocycles. The molecular formula is C17H13N3O3. The second-order valence-corrected chi connectivity index (χ2v) is 4.74. The third-order valence-corrected chi connectivity index (χ3v) is 3.35. The molecule has 114 valence electrons. The first kappa shape index (κ1) is 14.6. The van der Waals surface area contributed by atoms with Crippen molar-refractivity contribution in [2.75, 3.05) is 13.7 Å². The lowest BCUT2D eigenvalue weighted by Crippen LogP contribution is -2.10. The van der Waals surface area contributed by atoms with Crippen LogP contribution in [-0.2, 0) is 0 Å². The molecule has 0 aliphatic rings. The number of hydrogen-bond donors (Lipinski definition) is 1. The minimum atomic E-state index is -0.229. The second-order valence-electron chi connectivity index (χ2n) is 4.74. The number of nitrogens with zero attached hydrogens (tertiary/aromatic N) is 2. The van der Waals surface area contributed by atoms with Gasteiger partial charge < -0.3 is 14.5 Å². The number of fused-ring (bicyclic) bond motifs is 1. The molecule has 0 atom stereocenters. The van der Waals surface area contributed by atoms with Crippen molar-refractivity contribution in [3.8, 4) is 29.0 Å². The van der Waals surface area contributed by atoms with E-state index in [0.717, 1.165) is 0 Å². The van der Waals surface area contributed by atoms with E-state index in [1.807, 2.05) is 12.1 Å². The van der Waals surface area contributed by atoms with E-state index >= 15 is 0 Å². The van der Waals surface area contributed by atoms with Gasteiger partial charge in [0, 0.05) is 6.07 Å². The van der Waals surface area contributed by atoms with Crippen molar-refractivity contribution < 1.29 is 9.47 Å². The summed E-state index contributed by atoms with van der Waals surface area (Å²) in [5, 5.41) is 9.24. The Morgan fingerprint density at radius 3 is 2.87 bits per heavy atom. The first-order chi connectivity index (χ1) is 11.2. The number of ether oxygens (including phenoxy) is 2. The normalized spacial score (nSPS) is 10.3. The van der Waals surface area contributed by atoms with Gasteiger partial charge in [0.25, 0.3) is 5.56 Å². The van der Waals surface area contributed by atoms with Crippen LogP contribution in [-0.4, -0.2) is 23.7 Å². The summed E-state index contributed by atoms with van der Waals surface area (Å²) in [4.78, 5) is 19.4. The molecule has 0 saturated heterocycles. The summed E-state index contributed by atoms with van der Waals surface area (Å²) in [7, 11) is 1.54. The third kappa shape index (κ3) is 2.85. The van der Waals surface area contributed by atoms with E-state index in [1.54, 1.807) is 43.5 Å². The lowest BCUT2D eigenvalue weighted by Gasteiger charge is -2.11. The van der Waals surface area contributed by atoms with Crippen LogP contribution >= 0.6 is 0 Å². The molecule has 6 heteroatoms. The summed E-state index contributed by atoms with van der Waals surface area (Å²) in [6.45, 7) is -0.113. The molecule has 6 nitrogen and oxygen atoms in total. The van der Waals surface area contributed by atoms with Crippen molar-refractivity contribution in [2.24, 2.45) is 0 Å². The molecule has 1 heterocycles. The van der Waals surface area contributed by atoms with Gasteiger partial charge in [0.05, 0.1) is 23.6 Å². The van der Waals surface area contributed by atoms with Gasteiger partial charge in [0.15, 0.2) is 6.61 Å². The highest BCUT2D eigenvalue weighted by molar-refractivity contribution is 5.80. The maximum atomic E-state index is 12.2. The van der Waals surface area contributed by atoms with Gasteiger partial charge in [-0.15, -0.1) is 0 Å². The topological polar surface area (TPSA) is 88.0 Å². The fraction of sp³-hybridized carbons (Fsp3) is 0.118. The van der Waals surface area contributed by atoms with Crippen LogP contribution in [0, 0.1) is 11.3 Å². The first-order valence-corrected chi connectivity index (χ1v) is 6.90.